The lowest BCUT2D eigenvalue weighted by molar-refractivity contribution is 0.0931. The van der Waals surface area contributed by atoms with Crippen LogP contribution in [0.4, 0.5) is 4.79 Å². The van der Waals surface area contributed by atoms with Crippen LogP contribution in [0.3, 0.4) is 0 Å². The van der Waals surface area contributed by atoms with Gasteiger partial charge in [0, 0.05) is 25.2 Å². The van der Waals surface area contributed by atoms with E-state index in [0.717, 1.165) is 18.4 Å². The number of hydrogen-bond donors (Lipinski definition) is 1. The Kier molecular flexibility index (Phi) is 6.12. The van der Waals surface area contributed by atoms with E-state index in [2.05, 4.69) is 5.32 Å². The van der Waals surface area contributed by atoms with Crippen molar-refractivity contribution in [2.45, 2.75) is 26.7 Å². The number of nitrogens with zero attached hydrogens (tertiary/aromatic N) is 1. The first-order valence-electron chi connectivity index (χ1n) is 9.40. The van der Waals surface area contributed by atoms with Crippen molar-refractivity contribution >= 4 is 12.0 Å². The molecule has 0 aromatic heterocycles. The van der Waals surface area contributed by atoms with Crippen molar-refractivity contribution in [2.75, 3.05) is 19.6 Å². The van der Waals surface area contributed by atoms with Gasteiger partial charge in [0.05, 0.1) is 0 Å². The maximum Gasteiger partial charge on any atom is 0.415 e. The number of carbonyl (C=O) groups is 2. The zero-order valence-corrected chi connectivity index (χ0v) is 15.9. The Morgan fingerprint density at radius 1 is 1.04 bits per heavy atom. The second kappa shape index (κ2) is 8.71. The van der Waals surface area contributed by atoms with Gasteiger partial charge in [-0.25, -0.2) is 4.79 Å². The van der Waals surface area contributed by atoms with Gasteiger partial charge in [0.1, 0.15) is 5.75 Å². The van der Waals surface area contributed by atoms with Crippen molar-refractivity contribution in [3.8, 4) is 5.75 Å². The van der Waals surface area contributed by atoms with Crippen LogP contribution in [0.1, 0.15) is 34.3 Å². The zero-order chi connectivity index (χ0) is 19.2. The second-order valence-corrected chi connectivity index (χ2v) is 7.12. The number of aryl methyl sites for hydroxylation is 2. The summed E-state index contributed by atoms with van der Waals surface area (Å²) < 4.78 is 5.38. The highest BCUT2D eigenvalue weighted by Gasteiger charge is 2.24. The standard InChI is InChI=1S/C22H26N2O3/c1-16-8-9-19(14-17(16)2)21(25)23-15-18-10-12-24(13-11-18)22(26)27-20-6-4-3-5-7-20/h3-9,14,18H,10-13,15H2,1-2H3,(H,23,25). The summed E-state index contributed by atoms with van der Waals surface area (Å²) >= 11 is 0. The van der Waals surface area contributed by atoms with Crippen molar-refractivity contribution in [3.05, 3.63) is 65.2 Å². The minimum absolute atomic E-state index is 0.0379. The van der Waals surface area contributed by atoms with E-state index in [-0.39, 0.29) is 12.0 Å². The average Bonchev–Trinajstić information content (AvgIpc) is 2.69. The van der Waals surface area contributed by atoms with Gasteiger partial charge in [0.2, 0.25) is 0 Å². The molecule has 5 nitrogen and oxygen atoms in total. The Balaban J connectivity index is 1.43. The highest BCUT2D eigenvalue weighted by atomic mass is 16.6. The van der Waals surface area contributed by atoms with Crippen LogP contribution >= 0.6 is 0 Å². The number of carbonyl (C=O) groups excluding carboxylic acids is 2. The fourth-order valence-electron chi connectivity index (χ4n) is 3.20. The highest BCUT2D eigenvalue weighted by molar-refractivity contribution is 5.94. The lowest BCUT2D eigenvalue weighted by atomic mass is 9.97. The minimum atomic E-state index is -0.307. The quantitative estimate of drug-likeness (QED) is 0.891. The van der Waals surface area contributed by atoms with Crippen LogP contribution < -0.4 is 10.1 Å². The molecule has 0 atom stereocenters. The number of nitrogens with one attached hydrogen (secondary N) is 1. The first-order valence-corrected chi connectivity index (χ1v) is 9.40. The van der Waals surface area contributed by atoms with Crippen LogP contribution in [0.15, 0.2) is 48.5 Å². The molecule has 27 heavy (non-hydrogen) atoms. The van der Waals surface area contributed by atoms with E-state index in [9.17, 15) is 9.59 Å². The predicted octanol–water partition coefficient (Wildman–Crippen LogP) is 3.94. The van der Waals surface area contributed by atoms with Crippen LogP contribution in [0.5, 0.6) is 5.75 Å². The molecule has 2 amide bonds. The van der Waals surface area contributed by atoms with Crippen molar-refractivity contribution in [3.63, 3.8) is 0 Å². The Hall–Kier alpha value is -2.82. The molecule has 1 fully saturated rings. The molecule has 1 heterocycles. The molecule has 0 spiro atoms. The van der Waals surface area contributed by atoms with Crippen LogP contribution in [0.25, 0.3) is 0 Å². The topological polar surface area (TPSA) is 58.6 Å². The highest BCUT2D eigenvalue weighted by Crippen LogP contribution is 2.19. The normalized spacial score (nSPS) is 14.7. The van der Waals surface area contributed by atoms with Crippen molar-refractivity contribution in [1.82, 2.24) is 10.2 Å². The third-order valence-electron chi connectivity index (χ3n) is 5.14. The number of hydrogen-bond acceptors (Lipinski definition) is 3. The largest absolute Gasteiger partial charge is 0.415 e. The molecule has 2 aromatic carbocycles. The zero-order valence-electron chi connectivity index (χ0n) is 15.9. The van der Waals surface area contributed by atoms with Gasteiger partial charge in [-0.3, -0.25) is 4.79 Å². The lowest BCUT2D eigenvalue weighted by Gasteiger charge is -2.31. The van der Waals surface area contributed by atoms with Gasteiger partial charge >= 0.3 is 6.09 Å². The Morgan fingerprint density at radius 2 is 1.74 bits per heavy atom. The van der Waals surface area contributed by atoms with Gasteiger partial charge in [-0.05, 0) is 68.0 Å². The molecule has 5 heteroatoms. The Bertz CT molecular complexity index is 796. The summed E-state index contributed by atoms with van der Waals surface area (Å²) in [4.78, 5) is 26.3. The second-order valence-electron chi connectivity index (χ2n) is 7.12. The van der Waals surface area contributed by atoms with Gasteiger partial charge in [0.25, 0.3) is 5.91 Å². The Labute approximate surface area is 160 Å². The third-order valence-corrected chi connectivity index (χ3v) is 5.14. The fourth-order valence-corrected chi connectivity index (χ4v) is 3.20. The molecule has 142 valence electrons. The molecule has 0 radical (unpaired) electrons. The summed E-state index contributed by atoms with van der Waals surface area (Å²) in [6.07, 6.45) is 1.41. The molecule has 1 aliphatic rings. The summed E-state index contributed by atoms with van der Waals surface area (Å²) in [5.41, 5.74) is 3.00. The third kappa shape index (κ3) is 5.09. The first kappa shape index (κ1) is 19.0. The maximum absolute atomic E-state index is 12.3. The molecule has 2 aromatic rings. The van der Waals surface area contributed by atoms with E-state index in [4.69, 9.17) is 4.74 Å². The molecule has 0 aliphatic carbocycles. The molecule has 0 bridgehead atoms. The molecule has 0 unspecified atom stereocenters. The maximum atomic E-state index is 12.3. The average molecular weight is 366 g/mol. The van der Waals surface area contributed by atoms with E-state index >= 15 is 0 Å². The lowest BCUT2D eigenvalue weighted by Crippen LogP contribution is -2.42. The van der Waals surface area contributed by atoms with Gasteiger partial charge in [-0.1, -0.05) is 24.3 Å². The first-order chi connectivity index (χ1) is 13.0. The number of ether oxygens (including phenoxy) is 1. The summed E-state index contributed by atoms with van der Waals surface area (Å²) in [6, 6.07) is 14.9. The number of para-hydroxylation sites is 1. The number of benzene rings is 2. The number of amides is 2. The van der Waals surface area contributed by atoms with Crippen LogP contribution in [0.2, 0.25) is 0 Å². The summed E-state index contributed by atoms with van der Waals surface area (Å²) in [5, 5.41) is 3.03. The monoisotopic (exact) mass is 366 g/mol. The van der Waals surface area contributed by atoms with Gasteiger partial charge < -0.3 is 15.0 Å². The summed E-state index contributed by atoms with van der Waals surface area (Å²) in [7, 11) is 0. The van der Waals surface area contributed by atoms with Crippen LogP contribution in [-0.2, 0) is 0 Å². The van der Waals surface area contributed by atoms with Crippen LogP contribution in [-0.4, -0.2) is 36.5 Å². The SMILES string of the molecule is Cc1ccc(C(=O)NCC2CCN(C(=O)Oc3ccccc3)CC2)cc1C. The van der Waals surface area contributed by atoms with Gasteiger partial charge in [0.15, 0.2) is 0 Å². The summed E-state index contributed by atoms with van der Waals surface area (Å²) in [5.74, 6) is 0.899. The van der Waals surface area contributed by atoms with E-state index in [1.807, 2.05) is 50.2 Å². The van der Waals surface area contributed by atoms with Crippen molar-refractivity contribution in [2.24, 2.45) is 5.92 Å². The summed E-state index contributed by atoms with van der Waals surface area (Å²) in [6.45, 7) is 5.98. The number of likely N-dealkylation sites (tertiary alicyclic amines) is 1. The van der Waals surface area contributed by atoms with E-state index in [1.165, 1.54) is 5.56 Å². The van der Waals surface area contributed by atoms with Gasteiger partial charge in [-0.2, -0.15) is 0 Å². The smallest absolute Gasteiger partial charge is 0.410 e. The van der Waals surface area contributed by atoms with Crippen molar-refractivity contribution in [1.29, 1.82) is 0 Å². The van der Waals surface area contributed by atoms with Crippen LogP contribution in [0, 0.1) is 19.8 Å². The molecular weight excluding hydrogens is 340 g/mol. The molecule has 3 rings (SSSR count). The van der Waals surface area contributed by atoms with E-state index in [0.29, 0.717) is 36.9 Å². The molecule has 0 saturated carbocycles. The number of piperidine rings is 1. The van der Waals surface area contributed by atoms with Crippen molar-refractivity contribution < 1.29 is 14.3 Å². The fraction of sp³-hybridized carbons (Fsp3) is 0.364. The van der Waals surface area contributed by atoms with Gasteiger partial charge in [-0.15, -0.1) is 0 Å². The van der Waals surface area contributed by atoms with E-state index < -0.39 is 0 Å². The molecular formula is C22H26N2O3. The molecule has 1 saturated heterocycles. The Morgan fingerprint density at radius 3 is 2.41 bits per heavy atom. The molecule has 1 N–H and O–H groups in total. The molecule has 1 aliphatic heterocycles. The number of rotatable bonds is 4. The minimum Gasteiger partial charge on any atom is -0.410 e. The predicted molar refractivity (Wildman–Crippen MR) is 105 cm³/mol. The van der Waals surface area contributed by atoms with E-state index in [1.54, 1.807) is 17.0 Å².